The highest BCUT2D eigenvalue weighted by Crippen LogP contribution is 2.40. The van der Waals surface area contributed by atoms with Gasteiger partial charge in [-0.1, -0.05) is 34.1 Å². The second-order valence-electron chi connectivity index (χ2n) is 4.75. The average molecular weight is 165 g/mol. The number of hydrogen-bond acceptors (Lipinski definition) is 0. The van der Waals surface area contributed by atoms with Gasteiger partial charge in [-0.15, -0.1) is 0 Å². The SMILES string of the molecule is CC(C)[C@@H]1CCC[C@H]1C(C)C.[B]. The summed E-state index contributed by atoms with van der Waals surface area (Å²) in [6.45, 7) is 9.52. The maximum atomic E-state index is 2.38. The molecule has 1 fully saturated rings. The maximum Gasteiger partial charge on any atom is 0 e. The van der Waals surface area contributed by atoms with Gasteiger partial charge in [0.05, 0.1) is 0 Å². The van der Waals surface area contributed by atoms with Crippen molar-refractivity contribution in [3.05, 3.63) is 0 Å². The van der Waals surface area contributed by atoms with Gasteiger partial charge in [0.15, 0.2) is 0 Å². The minimum absolute atomic E-state index is 0. The van der Waals surface area contributed by atoms with Gasteiger partial charge in [-0.25, -0.2) is 0 Å². The Bertz CT molecular complexity index is 104. The quantitative estimate of drug-likeness (QED) is 0.550. The Balaban J connectivity index is 0.00000121. The lowest BCUT2D eigenvalue weighted by Gasteiger charge is -2.26. The smallest absolute Gasteiger partial charge is 0 e. The molecule has 2 atom stereocenters. The van der Waals surface area contributed by atoms with Gasteiger partial charge in [0, 0.05) is 8.41 Å². The monoisotopic (exact) mass is 165 g/mol. The molecule has 69 valence electrons. The van der Waals surface area contributed by atoms with E-state index < -0.39 is 0 Å². The predicted octanol–water partition coefficient (Wildman–Crippen LogP) is 3.33. The van der Waals surface area contributed by atoms with Gasteiger partial charge in [0.25, 0.3) is 0 Å². The van der Waals surface area contributed by atoms with E-state index in [0.29, 0.717) is 0 Å². The largest absolute Gasteiger partial charge is 0.0625 e. The molecule has 0 aromatic rings. The van der Waals surface area contributed by atoms with Crippen LogP contribution in [-0.4, -0.2) is 8.41 Å². The van der Waals surface area contributed by atoms with Crippen LogP contribution in [0.25, 0.3) is 0 Å². The van der Waals surface area contributed by atoms with Crippen LogP contribution >= 0.6 is 0 Å². The molecule has 0 aliphatic heterocycles. The minimum atomic E-state index is 0. The molecule has 1 aliphatic rings. The first kappa shape index (κ1) is 12.1. The zero-order valence-corrected chi connectivity index (χ0v) is 9.01. The first-order valence-corrected chi connectivity index (χ1v) is 5.13. The van der Waals surface area contributed by atoms with Crippen LogP contribution in [0.15, 0.2) is 0 Å². The average Bonchev–Trinajstić information content (AvgIpc) is 2.32. The second-order valence-corrected chi connectivity index (χ2v) is 4.75. The van der Waals surface area contributed by atoms with Crippen LogP contribution in [0.3, 0.4) is 0 Å². The Morgan fingerprint density at radius 2 is 1.17 bits per heavy atom. The summed E-state index contributed by atoms with van der Waals surface area (Å²) in [7, 11) is 0. The van der Waals surface area contributed by atoms with Gasteiger partial charge in [-0.3, -0.25) is 0 Å². The zero-order valence-electron chi connectivity index (χ0n) is 9.01. The van der Waals surface area contributed by atoms with E-state index in [1.807, 2.05) is 0 Å². The van der Waals surface area contributed by atoms with Crippen molar-refractivity contribution in [3.63, 3.8) is 0 Å². The summed E-state index contributed by atoms with van der Waals surface area (Å²) in [6, 6.07) is 0. The summed E-state index contributed by atoms with van der Waals surface area (Å²) in [5.41, 5.74) is 0. The Morgan fingerprint density at radius 3 is 1.42 bits per heavy atom. The standard InChI is InChI=1S/C11H22.B/c1-8(2)10-6-5-7-11(10)9(3)4;/h8-11H,5-7H2,1-4H3;/t10-,11-;/m0./s1. The molecule has 1 saturated carbocycles. The van der Waals surface area contributed by atoms with Crippen LogP contribution in [0.5, 0.6) is 0 Å². The molecule has 0 spiro atoms. The molecule has 0 nitrogen and oxygen atoms in total. The molecular weight excluding hydrogens is 143 g/mol. The molecule has 0 amide bonds. The fourth-order valence-electron chi connectivity index (χ4n) is 2.67. The third kappa shape index (κ3) is 2.53. The van der Waals surface area contributed by atoms with Crippen LogP contribution < -0.4 is 0 Å². The second kappa shape index (κ2) is 4.94. The molecule has 0 N–H and O–H groups in total. The first-order chi connectivity index (χ1) is 5.13. The van der Waals surface area contributed by atoms with E-state index in [-0.39, 0.29) is 8.41 Å². The van der Waals surface area contributed by atoms with Crippen molar-refractivity contribution in [2.75, 3.05) is 0 Å². The van der Waals surface area contributed by atoms with Crippen LogP contribution in [0.1, 0.15) is 47.0 Å². The molecule has 12 heavy (non-hydrogen) atoms. The van der Waals surface area contributed by atoms with Gasteiger partial charge in [0.2, 0.25) is 0 Å². The van der Waals surface area contributed by atoms with E-state index in [1.165, 1.54) is 19.3 Å². The summed E-state index contributed by atoms with van der Waals surface area (Å²) in [5.74, 6) is 3.86. The van der Waals surface area contributed by atoms with Crippen molar-refractivity contribution in [2.45, 2.75) is 47.0 Å². The van der Waals surface area contributed by atoms with Gasteiger partial charge in [-0.05, 0) is 36.5 Å². The molecule has 0 saturated heterocycles. The molecule has 3 radical (unpaired) electrons. The van der Waals surface area contributed by atoms with Gasteiger partial charge < -0.3 is 0 Å². The highest BCUT2D eigenvalue weighted by atomic mass is 14.4. The lowest BCUT2D eigenvalue weighted by molar-refractivity contribution is 0.235. The van der Waals surface area contributed by atoms with Crippen molar-refractivity contribution in [1.82, 2.24) is 0 Å². The summed E-state index contributed by atoms with van der Waals surface area (Å²) in [6.07, 6.45) is 4.45. The van der Waals surface area contributed by atoms with E-state index in [4.69, 9.17) is 0 Å². The van der Waals surface area contributed by atoms with Crippen LogP contribution in [-0.2, 0) is 0 Å². The Kier molecular flexibility index (Phi) is 4.97. The summed E-state index contributed by atoms with van der Waals surface area (Å²) in [5, 5.41) is 0. The molecular formula is C11H22B. The molecule has 0 aromatic heterocycles. The van der Waals surface area contributed by atoms with Crippen molar-refractivity contribution in [3.8, 4) is 0 Å². The van der Waals surface area contributed by atoms with Crippen LogP contribution in [0.4, 0.5) is 0 Å². The molecule has 0 bridgehead atoms. The summed E-state index contributed by atoms with van der Waals surface area (Å²) >= 11 is 0. The highest BCUT2D eigenvalue weighted by molar-refractivity contribution is 5.75. The third-order valence-electron chi connectivity index (χ3n) is 3.34. The normalized spacial score (nSPS) is 29.5. The van der Waals surface area contributed by atoms with Gasteiger partial charge in [0.1, 0.15) is 0 Å². The maximum absolute atomic E-state index is 2.38. The predicted molar refractivity (Wildman–Crippen MR) is 56.3 cm³/mol. The Labute approximate surface area is 79.7 Å². The third-order valence-corrected chi connectivity index (χ3v) is 3.34. The lowest BCUT2D eigenvalue weighted by atomic mass is 9.80. The minimum Gasteiger partial charge on any atom is -0.0625 e. The topological polar surface area (TPSA) is 0 Å². The highest BCUT2D eigenvalue weighted by Gasteiger charge is 2.31. The molecule has 1 rings (SSSR count). The molecule has 0 unspecified atom stereocenters. The lowest BCUT2D eigenvalue weighted by Crippen LogP contribution is -2.18. The molecule has 0 heterocycles. The van der Waals surface area contributed by atoms with E-state index in [2.05, 4.69) is 27.7 Å². The van der Waals surface area contributed by atoms with Crippen molar-refractivity contribution in [2.24, 2.45) is 23.7 Å². The molecule has 1 heteroatoms. The van der Waals surface area contributed by atoms with Crippen molar-refractivity contribution >= 4 is 8.41 Å². The Morgan fingerprint density at radius 1 is 0.833 bits per heavy atom. The van der Waals surface area contributed by atoms with Crippen molar-refractivity contribution < 1.29 is 0 Å². The number of rotatable bonds is 2. The van der Waals surface area contributed by atoms with E-state index >= 15 is 0 Å². The fourth-order valence-corrected chi connectivity index (χ4v) is 2.67. The molecule has 0 aromatic carbocycles. The van der Waals surface area contributed by atoms with Gasteiger partial charge >= 0.3 is 0 Å². The molecule has 1 aliphatic carbocycles. The van der Waals surface area contributed by atoms with E-state index in [1.54, 1.807) is 0 Å². The number of hydrogen-bond donors (Lipinski definition) is 0. The summed E-state index contributed by atoms with van der Waals surface area (Å²) in [4.78, 5) is 0. The first-order valence-electron chi connectivity index (χ1n) is 5.13. The summed E-state index contributed by atoms with van der Waals surface area (Å²) < 4.78 is 0. The Hall–Kier alpha value is 0.0649. The van der Waals surface area contributed by atoms with E-state index in [9.17, 15) is 0 Å². The van der Waals surface area contributed by atoms with Crippen LogP contribution in [0, 0.1) is 23.7 Å². The zero-order chi connectivity index (χ0) is 8.43. The van der Waals surface area contributed by atoms with E-state index in [0.717, 1.165) is 23.7 Å². The van der Waals surface area contributed by atoms with Crippen LogP contribution in [0.2, 0.25) is 0 Å². The fraction of sp³-hybridized carbons (Fsp3) is 1.00. The van der Waals surface area contributed by atoms with Gasteiger partial charge in [-0.2, -0.15) is 0 Å². The van der Waals surface area contributed by atoms with Crippen molar-refractivity contribution in [1.29, 1.82) is 0 Å².